The number of benzene rings is 2. The molecule has 29 heavy (non-hydrogen) atoms. The molecule has 0 fully saturated rings. The number of nitrogens with two attached hydrogens (primary N) is 1. The minimum Gasteiger partial charge on any atom is -0.351 e. The van der Waals surface area contributed by atoms with Crippen LogP contribution in [0.4, 0.5) is 16.2 Å². The highest BCUT2D eigenvalue weighted by Crippen LogP contribution is 2.41. The zero-order chi connectivity index (χ0) is 21.6. The number of rotatable bonds is 5. The third-order valence-electron chi connectivity index (χ3n) is 4.25. The summed E-state index contributed by atoms with van der Waals surface area (Å²) in [6.45, 7) is 0.323. The summed E-state index contributed by atoms with van der Waals surface area (Å²) in [6, 6.07) is 7.25. The molecule has 0 aliphatic carbocycles. The first-order valence-electron chi connectivity index (χ1n) is 8.12. The lowest BCUT2D eigenvalue weighted by Crippen LogP contribution is -2.34. The van der Waals surface area contributed by atoms with E-state index in [1.807, 2.05) is 0 Å². The van der Waals surface area contributed by atoms with Gasteiger partial charge in [-0.05, 0) is 48.4 Å². The molecule has 0 saturated heterocycles. The van der Waals surface area contributed by atoms with Crippen molar-refractivity contribution in [1.29, 1.82) is 0 Å². The number of carbonyl (C=O) groups is 1. The van der Waals surface area contributed by atoms with Crippen LogP contribution in [0.25, 0.3) is 0 Å². The molecule has 156 valence electrons. The molecule has 3 rings (SSSR count). The first-order chi connectivity index (χ1) is 13.4. The molecule has 0 unspecified atom stereocenters. The van der Waals surface area contributed by atoms with Crippen LogP contribution in [-0.4, -0.2) is 37.1 Å². The van der Waals surface area contributed by atoms with Crippen LogP contribution < -0.4 is 14.9 Å². The van der Waals surface area contributed by atoms with Gasteiger partial charge in [-0.25, -0.2) is 13.2 Å². The second kappa shape index (κ2) is 7.79. The highest BCUT2D eigenvalue weighted by molar-refractivity contribution is 7.93. The topological polar surface area (TPSA) is 141 Å². The number of sulfonamides is 1. The van der Waals surface area contributed by atoms with E-state index in [1.54, 1.807) is 0 Å². The number of fused-ring (bicyclic) bond motifs is 1. The second-order valence-corrected chi connectivity index (χ2v) is 10.7. The van der Waals surface area contributed by atoms with Crippen molar-refractivity contribution in [2.75, 3.05) is 22.0 Å². The van der Waals surface area contributed by atoms with Crippen molar-refractivity contribution in [2.24, 2.45) is 5.73 Å². The number of carbonyl (C=O) groups excluding carboxylic acids is 1. The lowest BCUT2D eigenvalue weighted by molar-refractivity contribution is 0.254. The maximum Gasteiger partial charge on any atom is 0.345 e. The summed E-state index contributed by atoms with van der Waals surface area (Å²) >= 11 is 11.8. The summed E-state index contributed by atoms with van der Waals surface area (Å²) < 4.78 is 38.6. The van der Waals surface area contributed by atoms with Crippen LogP contribution in [0.15, 0.2) is 41.3 Å². The van der Waals surface area contributed by atoms with E-state index in [0.29, 0.717) is 28.5 Å². The van der Waals surface area contributed by atoms with Gasteiger partial charge in [0.2, 0.25) is 0 Å². The minimum absolute atomic E-state index is 0.0227. The second-order valence-electron chi connectivity index (χ2n) is 6.32. The summed E-state index contributed by atoms with van der Waals surface area (Å²) in [5.41, 5.74) is 6.48. The van der Waals surface area contributed by atoms with E-state index < -0.39 is 29.9 Å². The maximum absolute atomic E-state index is 13.2. The fourth-order valence-corrected chi connectivity index (χ4v) is 6.45. The molecule has 1 aliphatic heterocycles. The summed E-state index contributed by atoms with van der Waals surface area (Å²) in [5.74, 6) is 0. The van der Waals surface area contributed by atoms with Gasteiger partial charge in [-0.15, -0.1) is 0 Å². The summed E-state index contributed by atoms with van der Waals surface area (Å²) in [5, 5.41) is 0.108. The number of nitrogens with zero attached hydrogens (tertiary/aromatic N) is 2. The lowest BCUT2D eigenvalue weighted by atomic mass is 10.1. The van der Waals surface area contributed by atoms with Gasteiger partial charge in [-0.2, -0.15) is 0 Å². The molecule has 2 aromatic carbocycles. The summed E-state index contributed by atoms with van der Waals surface area (Å²) in [7, 11) is -9.19. The third kappa shape index (κ3) is 4.69. The number of hydrogen-bond donors (Lipinski definition) is 3. The Balaban J connectivity index is 2.12. The van der Waals surface area contributed by atoms with Crippen molar-refractivity contribution in [2.45, 2.75) is 11.3 Å². The molecule has 0 atom stereocenters. The van der Waals surface area contributed by atoms with Gasteiger partial charge in [0, 0.05) is 22.3 Å². The minimum atomic E-state index is -4.78. The molecule has 4 N–H and O–H groups in total. The van der Waals surface area contributed by atoms with Gasteiger partial charge in [0.05, 0.1) is 10.6 Å². The Morgan fingerprint density at radius 3 is 2.34 bits per heavy atom. The zero-order valence-electron chi connectivity index (χ0n) is 14.7. The molecule has 2 aromatic rings. The van der Waals surface area contributed by atoms with Crippen molar-refractivity contribution in [3.05, 3.63) is 52.0 Å². The third-order valence-corrected chi connectivity index (χ3v) is 7.28. The SMILES string of the molecule is NC(=O)N1CCc2cc(N(CP(=O)(O)O)S(=O)(=O)c3cc(Cl)cc(Cl)c3)ccc21. The van der Waals surface area contributed by atoms with Crippen molar-refractivity contribution in [3.63, 3.8) is 0 Å². The first-order valence-corrected chi connectivity index (χ1v) is 12.1. The summed E-state index contributed by atoms with van der Waals surface area (Å²) in [4.78, 5) is 31.4. The molecule has 13 heteroatoms. The highest BCUT2D eigenvalue weighted by Gasteiger charge is 2.33. The van der Waals surface area contributed by atoms with E-state index in [0.717, 1.165) is 12.1 Å². The molecule has 1 aliphatic rings. The van der Waals surface area contributed by atoms with Crippen LogP contribution in [0, 0.1) is 0 Å². The Bertz CT molecular complexity index is 1120. The van der Waals surface area contributed by atoms with Crippen LogP contribution in [0.2, 0.25) is 10.0 Å². The van der Waals surface area contributed by atoms with E-state index in [1.165, 1.54) is 29.2 Å². The molecular weight excluding hydrogens is 464 g/mol. The molecule has 2 amide bonds. The number of urea groups is 1. The molecular formula is C16H16Cl2N3O6PS. The van der Waals surface area contributed by atoms with Gasteiger partial charge >= 0.3 is 13.6 Å². The fraction of sp³-hybridized carbons (Fsp3) is 0.188. The van der Waals surface area contributed by atoms with Crippen LogP contribution in [0.3, 0.4) is 0 Å². The van der Waals surface area contributed by atoms with Gasteiger partial charge in [-0.3, -0.25) is 13.8 Å². The quantitative estimate of drug-likeness (QED) is 0.562. The molecule has 9 nitrogen and oxygen atoms in total. The van der Waals surface area contributed by atoms with Gasteiger partial charge < -0.3 is 15.5 Å². The van der Waals surface area contributed by atoms with E-state index >= 15 is 0 Å². The molecule has 0 spiro atoms. The Labute approximate surface area is 176 Å². The van der Waals surface area contributed by atoms with Crippen molar-refractivity contribution >= 4 is 58.2 Å². The number of amides is 2. The van der Waals surface area contributed by atoms with E-state index in [-0.39, 0.29) is 20.6 Å². The average molecular weight is 480 g/mol. The van der Waals surface area contributed by atoms with Gasteiger partial charge in [0.15, 0.2) is 0 Å². The van der Waals surface area contributed by atoms with Crippen LogP contribution in [-0.2, 0) is 21.0 Å². The van der Waals surface area contributed by atoms with Gasteiger partial charge in [-0.1, -0.05) is 23.2 Å². The van der Waals surface area contributed by atoms with Crippen molar-refractivity contribution < 1.29 is 27.6 Å². The van der Waals surface area contributed by atoms with Gasteiger partial charge in [0.25, 0.3) is 10.0 Å². The molecule has 0 aromatic heterocycles. The Morgan fingerprint density at radius 1 is 1.17 bits per heavy atom. The molecule has 0 radical (unpaired) electrons. The predicted octanol–water partition coefficient (Wildman–Crippen LogP) is 2.77. The Kier molecular flexibility index (Phi) is 5.88. The summed E-state index contributed by atoms with van der Waals surface area (Å²) in [6.07, 6.45) is -0.670. The van der Waals surface area contributed by atoms with Crippen LogP contribution in [0.5, 0.6) is 0 Å². The van der Waals surface area contributed by atoms with E-state index in [4.69, 9.17) is 28.9 Å². The predicted molar refractivity (Wildman–Crippen MR) is 110 cm³/mol. The average Bonchev–Trinajstić information content (AvgIpc) is 3.01. The number of halogens is 2. The molecule has 0 bridgehead atoms. The lowest BCUT2D eigenvalue weighted by Gasteiger charge is -2.25. The monoisotopic (exact) mass is 479 g/mol. The number of hydrogen-bond acceptors (Lipinski definition) is 4. The Morgan fingerprint density at radius 2 is 1.79 bits per heavy atom. The number of primary amides is 1. The van der Waals surface area contributed by atoms with Crippen molar-refractivity contribution in [3.8, 4) is 0 Å². The largest absolute Gasteiger partial charge is 0.351 e. The van der Waals surface area contributed by atoms with Crippen molar-refractivity contribution in [1.82, 2.24) is 0 Å². The Hall–Kier alpha value is -1.81. The number of anilines is 2. The normalized spacial score (nSPS) is 14.0. The fourth-order valence-electron chi connectivity index (χ4n) is 3.04. The standard InChI is InChI=1S/C16H16Cl2N3O6PS/c17-11-6-12(18)8-14(7-11)29(26,27)21(9-28(23,24)25)13-1-2-15-10(5-13)3-4-20(15)16(19)22/h1-2,5-8H,3-4,9H2,(H2,19,22)(H2,23,24,25). The van der Waals surface area contributed by atoms with Crippen LogP contribution in [0.1, 0.15) is 5.56 Å². The first kappa shape index (κ1) is 21.9. The maximum atomic E-state index is 13.2. The highest BCUT2D eigenvalue weighted by atomic mass is 35.5. The smallest absolute Gasteiger partial charge is 0.345 e. The van der Waals surface area contributed by atoms with E-state index in [2.05, 4.69) is 0 Å². The molecule has 1 heterocycles. The molecule has 0 saturated carbocycles. The van der Waals surface area contributed by atoms with Gasteiger partial charge in [0.1, 0.15) is 6.29 Å². The van der Waals surface area contributed by atoms with Crippen LogP contribution >= 0.6 is 30.8 Å². The van der Waals surface area contributed by atoms with E-state index in [9.17, 15) is 27.6 Å². The zero-order valence-corrected chi connectivity index (χ0v) is 17.9.